The van der Waals surface area contributed by atoms with Crippen molar-refractivity contribution in [3.05, 3.63) is 99.0 Å². The van der Waals surface area contributed by atoms with E-state index in [-0.39, 0.29) is 0 Å². The monoisotopic (exact) mass is 453 g/mol. The number of hydrogen-bond donors (Lipinski definition) is 1. The molecule has 0 spiro atoms. The molecule has 1 nitrogen and oxygen atoms in total. The van der Waals surface area contributed by atoms with Crippen LogP contribution in [0.3, 0.4) is 0 Å². The van der Waals surface area contributed by atoms with Crippen molar-refractivity contribution < 1.29 is 0 Å². The van der Waals surface area contributed by atoms with E-state index in [0.717, 1.165) is 24.6 Å². The second kappa shape index (κ2) is 12.2. The maximum absolute atomic E-state index is 4.58. The summed E-state index contributed by atoms with van der Waals surface area (Å²) >= 11 is 0. The maximum atomic E-state index is 4.58. The van der Waals surface area contributed by atoms with Gasteiger partial charge in [-0.3, -0.25) is 0 Å². The summed E-state index contributed by atoms with van der Waals surface area (Å²) < 4.78 is 0. The lowest BCUT2D eigenvalue weighted by molar-refractivity contribution is 0.676. The molecule has 0 heterocycles. The van der Waals surface area contributed by atoms with Gasteiger partial charge in [-0.2, -0.15) is 0 Å². The predicted octanol–water partition coefficient (Wildman–Crippen LogP) is 7.21. The molecule has 0 radical (unpaired) electrons. The first-order valence-electron chi connectivity index (χ1n) is 12.9. The first-order valence-corrected chi connectivity index (χ1v) is 12.9. The molecule has 1 aliphatic rings. The number of benzene rings is 2. The van der Waals surface area contributed by atoms with Crippen LogP contribution < -0.4 is 15.8 Å². The van der Waals surface area contributed by atoms with Gasteiger partial charge in [0.05, 0.1) is 0 Å². The summed E-state index contributed by atoms with van der Waals surface area (Å²) in [5.41, 5.74) is 11.0. The molecule has 3 rings (SSSR count). The van der Waals surface area contributed by atoms with Crippen molar-refractivity contribution in [3.63, 3.8) is 0 Å². The van der Waals surface area contributed by atoms with Gasteiger partial charge >= 0.3 is 0 Å². The van der Waals surface area contributed by atoms with Crippen molar-refractivity contribution in [3.8, 4) is 0 Å². The fourth-order valence-corrected chi connectivity index (χ4v) is 5.25. The molecule has 0 saturated carbocycles. The van der Waals surface area contributed by atoms with E-state index >= 15 is 0 Å². The summed E-state index contributed by atoms with van der Waals surface area (Å²) in [6.07, 6.45) is 9.65. The molecule has 180 valence electrons. The Bertz CT molecular complexity index is 1190. The Morgan fingerprint density at radius 1 is 1.12 bits per heavy atom. The van der Waals surface area contributed by atoms with Gasteiger partial charge in [0.25, 0.3) is 0 Å². The van der Waals surface area contributed by atoms with Crippen LogP contribution in [0, 0.1) is 6.92 Å². The molecular formula is C33H43N. The van der Waals surface area contributed by atoms with Gasteiger partial charge in [0.15, 0.2) is 0 Å². The van der Waals surface area contributed by atoms with Gasteiger partial charge in [0.1, 0.15) is 0 Å². The first-order chi connectivity index (χ1) is 16.3. The van der Waals surface area contributed by atoms with E-state index in [2.05, 4.69) is 94.7 Å². The van der Waals surface area contributed by atoms with Crippen molar-refractivity contribution in [1.29, 1.82) is 0 Å². The fourth-order valence-electron chi connectivity index (χ4n) is 5.25. The molecule has 2 aromatic carbocycles. The van der Waals surface area contributed by atoms with Crippen LogP contribution in [0.2, 0.25) is 0 Å². The lowest BCUT2D eigenvalue weighted by Crippen LogP contribution is -2.26. The molecule has 2 aromatic rings. The molecule has 0 saturated heterocycles. The molecule has 0 aliphatic heterocycles. The van der Waals surface area contributed by atoms with E-state index < -0.39 is 0 Å². The van der Waals surface area contributed by atoms with Gasteiger partial charge in [-0.1, -0.05) is 85.3 Å². The standard InChI is InChI=1S/C33H43N/c1-23-18-19-26(4)32(20-23)33(25(3)13-11-15-29-14-10-12-24(29)2)21-27(5)30-16-8-9-17-31(30)28(6)22-34-7/h8-9,16-21,28,34H,3-4,10-15,22H2,1-2,5-7H3/b27-21+,33-32+. The van der Waals surface area contributed by atoms with Crippen LogP contribution >= 0.6 is 0 Å². The quantitative estimate of drug-likeness (QED) is 0.375. The van der Waals surface area contributed by atoms with Crippen molar-refractivity contribution in [2.75, 3.05) is 13.6 Å². The number of rotatable bonds is 10. The Hall–Kier alpha value is -2.64. The zero-order valence-corrected chi connectivity index (χ0v) is 22.1. The third-order valence-electron chi connectivity index (χ3n) is 7.32. The third kappa shape index (κ3) is 6.48. The Morgan fingerprint density at radius 3 is 2.59 bits per heavy atom. The van der Waals surface area contributed by atoms with Crippen LogP contribution in [0.1, 0.15) is 81.9 Å². The lowest BCUT2D eigenvalue weighted by atomic mass is 9.89. The number of aryl methyl sites for hydroxylation is 1. The highest BCUT2D eigenvalue weighted by Crippen LogP contribution is 2.31. The highest BCUT2D eigenvalue weighted by molar-refractivity contribution is 5.83. The smallest absolute Gasteiger partial charge is 0.00147 e. The van der Waals surface area contributed by atoms with Crippen LogP contribution in [-0.4, -0.2) is 13.6 Å². The topological polar surface area (TPSA) is 12.0 Å². The van der Waals surface area contributed by atoms with Crippen molar-refractivity contribution >= 4 is 17.7 Å². The molecule has 0 fully saturated rings. The summed E-state index contributed by atoms with van der Waals surface area (Å²) in [7, 11) is 2.02. The van der Waals surface area contributed by atoms with Gasteiger partial charge in [-0.25, -0.2) is 0 Å². The van der Waals surface area contributed by atoms with Gasteiger partial charge in [0, 0.05) is 6.54 Å². The first kappa shape index (κ1) is 26.0. The third-order valence-corrected chi connectivity index (χ3v) is 7.32. The Balaban J connectivity index is 2.00. The second-order valence-electron chi connectivity index (χ2n) is 10.1. The van der Waals surface area contributed by atoms with E-state index in [4.69, 9.17) is 0 Å². The predicted molar refractivity (Wildman–Crippen MR) is 151 cm³/mol. The number of allylic oxidation sites excluding steroid dienone is 5. The summed E-state index contributed by atoms with van der Waals surface area (Å²) in [4.78, 5) is 0. The second-order valence-corrected chi connectivity index (χ2v) is 10.1. The molecule has 1 unspecified atom stereocenters. The van der Waals surface area contributed by atoms with Crippen LogP contribution in [-0.2, 0) is 0 Å². The number of hydrogen-bond acceptors (Lipinski definition) is 1. The minimum absolute atomic E-state index is 0.446. The van der Waals surface area contributed by atoms with Crippen LogP contribution in [0.5, 0.6) is 0 Å². The van der Waals surface area contributed by atoms with E-state index in [1.54, 1.807) is 11.1 Å². The molecule has 1 N–H and O–H groups in total. The number of likely N-dealkylation sites (N-methyl/N-ethyl adjacent to an activating group) is 1. The van der Waals surface area contributed by atoms with Crippen molar-refractivity contribution in [2.45, 2.75) is 72.1 Å². The van der Waals surface area contributed by atoms with Gasteiger partial charge < -0.3 is 5.32 Å². The summed E-state index contributed by atoms with van der Waals surface area (Å²) in [5, 5.41) is 5.61. The van der Waals surface area contributed by atoms with Crippen LogP contribution in [0.25, 0.3) is 17.7 Å². The van der Waals surface area contributed by atoms with Crippen LogP contribution in [0.15, 0.2) is 71.8 Å². The van der Waals surface area contributed by atoms with Gasteiger partial charge in [-0.05, 0) is 111 Å². The molecule has 1 atom stereocenters. The molecule has 34 heavy (non-hydrogen) atoms. The zero-order chi connectivity index (χ0) is 24.7. The average Bonchev–Trinajstić information content (AvgIpc) is 3.23. The Kier molecular flexibility index (Phi) is 9.30. The maximum Gasteiger partial charge on any atom is 0.00147 e. The summed E-state index contributed by atoms with van der Waals surface area (Å²) in [6, 6.07) is 15.4. The minimum atomic E-state index is 0.446. The largest absolute Gasteiger partial charge is 0.319 e. The summed E-state index contributed by atoms with van der Waals surface area (Å²) in [6.45, 7) is 18.9. The molecule has 0 amide bonds. The highest BCUT2D eigenvalue weighted by Gasteiger charge is 2.13. The molecule has 1 aliphatic carbocycles. The zero-order valence-electron chi connectivity index (χ0n) is 22.1. The Labute approximate surface area is 207 Å². The van der Waals surface area contributed by atoms with Crippen molar-refractivity contribution in [1.82, 2.24) is 5.32 Å². The lowest BCUT2D eigenvalue weighted by Gasteiger charge is -2.18. The highest BCUT2D eigenvalue weighted by atomic mass is 14.8. The number of nitrogens with one attached hydrogen (secondary N) is 1. The van der Waals surface area contributed by atoms with E-state index in [0.29, 0.717) is 5.92 Å². The normalized spacial score (nSPS) is 16.1. The van der Waals surface area contributed by atoms with Gasteiger partial charge in [-0.15, -0.1) is 0 Å². The Morgan fingerprint density at radius 2 is 1.88 bits per heavy atom. The van der Waals surface area contributed by atoms with Crippen LogP contribution in [0.4, 0.5) is 0 Å². The molecule has 0 aromatic heterocycles. The molecule has 0 bridgehead atoms. The molecular weight excluding hydrogens is 410 g/mol. The van der Waals surface area contributed by atoms with Gasteiger partial charge in [0.2, 0.25) is 0 Å². The van der Waals surface area contributed by atoms with E-state index in [1.807, 2.05) is 7.05 Å². The van der Waals surface area contributed by atoms with E-state index in [9.17, 15) is 0 Å². The fraction of sp³-hybridized carbons (Fsp3) is 0.394. The summed E-state index contributed by atoms with van der Waals surface area (Å²) in [5.74, 6) is 0.446. The minimum Gasteiger partial charge on any atom is -0.319 e. The van der Waals surface area contributed by atoms with E-state index in [1.165, 1.54) is 64.3 Å². The molecule has 1 heteroatoms. The SMILES string of the molecule is C=C(CCCC1=C(C)CCC1)C(/C=C(\C)c1ccccc1C(C)CNC)=c1\cc(C)ccc1=C. The average molecular weight is 454 g/mol. The van der Waals surface area contributed by atoms with Crippen molar-refractivity contribution in [2.24, 2.45) is 0 Å².